The molecule has 0 aromatic heterocycles. The third kappa shape index (κ3) is 8.46. The van der Waals surface area contributed by atoms with Gasteiger partial charge >= 0.3 is 0 Å². The number of aliphatic imine (C=N–C) groups is 1. The van der Waals surface area contributed by atoms with E-state index in [0.29, 0.717) is 49.4 Å². The number of rotatable bonds is 10. The van der Waals surface area contributed by atoms with Gasteiger partial charge in [0, 0.05) is 39.3 Å². The summed E-state index contributed by atoms with van der Waals surface area (Å²) in [6, 6.07) is 5.56. The highest BCUT2D eigenvalue weighted by molar-refractivity contribution is 6.33. The second-order valence-corrected chi connectivity index (χ2v) is 7.09. The summed E-state index contributed by atoms with van der Waals surface area (Å²) in [5.41, 5.74) is 1.68. The quantitative estimate of drug-likeness (QED) is 0.314. The largest absolute Gasteiger partial charge is 0.379 e. The number of carbonyl (C=O) groups excluding carboxylic acids is 1. The van der Waals surface area contributed by atoms with E-state index < -0.39 is 0 Å². The number of guanidine groups is 1. The maximum Gasteiger partial charge on any atom is 0.226 e. The van der Waals surface area contributed by atoms with Crippen LogP contribution >= 0.6 is 11.6 Å². The summed E-state index contributed by atoms with van der Waals surface area (Å²) in [6.45, 7) is 8.03. The summed E-state index contributed by atoms with van der Waals surface area (Å²) in [4.78, 5) is 16.6. The molecule has 1 saturated heterocycles. The smallest absolute Gasteiger partial charge is 0.226 e. The van der Waals surface area contributed by atoms with Crippen LogP contribution in [0.5, 0.6) is 0 Å². The lowest BCUT2D eigenvalue weighted by Gasteiger charge is -2.12. The van der Waals surface area contributed by atoms with Gasteiger partial charge in [-0.2, -0.15) is 0 Å². The Balaban J connectivity index is 1.65. The Morgan fingerprint density at radius 2 is 2.25 bits per heavy atom. The Morgan fingerprint density at radius 1 is 1.39 bits per heavy atom. The molecule has 1 amide bonds. The summed E-state index contributed by atoms with van der Waals surface area (Å²) in [5.74, 6) is 0.606. The van der Waals surface area contributed by atoms with E-state index in [0.717, 1.165) is 31.6 Å². The summed E-state index contributed by atoms with van der Waals surface area (Å²) in [6.07, 6.45) is 2.37. The molecule has 1 aliphatic heterocycles. The molecular formula is C20H31ClN4O3. The Kier molecular flexibility index (Phi) is 10.1. The van der Waals surface area contributed by atoms with Gasteiger partial charge in [-0.3, -0.25) is 9.79 Å². The molecule has 1 aromatic carbocycles. The van der Waals surface area contributed by atoms with Crippen LogP contribution in [-0.2, 0) is 14.3 Å². The van der Waals surface area contributed by atoms with Crippen molar-refractivity contribution in [1.82, 2.24) is 10.6 Å². The zero-order chi connectivity index (χ0) is 20.2. The summed E-state index contributed by atoms with van der Waals surface area (Å²) < 4.78 is 11.0. The summed E-state index contributed by atoms with van der Waals surface area (Å²) >= 11 is 6.15. The van der Waals surface area contributed by atoms with Crippen LogP contribution in [0.2, 0.25) is 5.02 Å². The zero-order valence-electron chi connectivity index (χ0n) is 16.7. The molecule has 1 fully saturated rings. The second kappa shape index (κ2) is 12.6. The van der Waals surface area contributed by atoms with Crippen LogP contribution < -0.4 is 16.0 Å². The standard InChI is InChI=1S/C20H31ClN4O3/c1-3-22-20(23-9-4-11-28-16-8-12-27-14-16)24-10-7-19(26)25-18-6-5-15(2)13-17(18)21/h5-6,13,16H,3-4,7-12,14H2,1-2H3,(H,25,26)(H2,22,23,24). The van der Waals surface area contributed by atoms with E-state index in [1.54, 1.807) is 0 Å². The lowest BCUT2D eigenvalue weighted by molar-refractivity contribution is -0.116. The number of hydrogen-bond acceptors (Lipinski definition) is 4. The van der Waals surface area contributed by atoms with Gasteiger partial charge in [-0.05, 0) is 44.4 Å². The molecule has 1 heterocycles. The van der Waals surface area contributed by atoms with Gasteiger partial charge < -0.3 is 25.4 Å². The van der Waals surface area contributed by atoms with E-state index in [9.17, 15) is 4.79 Å². The van der Waals surface area contributed by atoms with Crippen molar-refractivity contribution in [1.29, 1.82) is 0 Å². The first-order valence-corrected chi connectivity index (χ1v) is 10.2. The Bertz CT molecular complexity index is 648. The third-order valence-corrected chi connectivity index (χ3v) is 4.51. The van der Waals surface area contributed by atoms with Gasteiger partial charge in [-0.1, -0.05) is 17.7 Å². The summed E-state index contributed by atoms with van der Waals surface area (Å²) in [5, 5.41) is 9.73. The molecule has 1 atom stereocenters. The van der Waals surface area contributed by atoms with Gasteiger partial charge in [0.1, 0.15) is 0 Å². The van der Waals surface area contributed by atoms with E-state index in [2.05, 4.69) is 20.9 Å². The molecule has 0 bridgehead atoms. The Labute approximate surface area is 172 Å². The number of halogens is 1. The van der Waals surface area contributed by atoms with Crippen LogP contribution in [-0.4, -0.2) is 57.4 Å². The number of nitrogens with zero attached hydrogens (tertiary/aromatic N) is 1. The van der Waals surface area contributed by atoms with E-state index >= 15 is 0 Å². The first-order chi connectivity index (χ1) is 13.6. The fraction of sp³-hybridized carbons (Fsp3) is 0.600. The van der Waals surface area contributed by atoms with Crippen molar-refractivity contribution in [3.05, 3.63) is 28.8 Å². The minimum atomic E-state index is -0.0960. The van der Waals surface area contributed by atoms with Crippen molar-refractivity contribution in [2.75, 3.05) is 44.8 Å². The number of amides is 1. The fourth-order valence-corrected chi connectivity index (χ4v) is 3.00. The second-order valence-electron chi connectivity index (χ2n) is 6.68. The number of hydrogen-bond donors (Lipinski definition) is 3. The molecule has 0 radical (unpaired) electrons. The predicted molar refractivity (Wildman–Crippen MR) is 113 cm³/mol. The van der Waals surface area contributed by atoms with Gasteiger partial charge in [-0.15, -0.1) is 0 Å². The van der Waals surface area contributed by atoms with Gasteiger partial charge in [0.2, 0.25) is 5.91 Å². The van der Waals surface area contributed by atoms with Crippen LogP contribution in [0.1, 0.15) is 31.7 Å². The first kappa shape index (κ1) is 22.5. The van der Waals surface area contributed by atoms with E-state index in [1.807, 2.05) is 32.0 Å². The zero-order valence-corrected chi connectivity index (χ0v) is 17.5. The van der Waals surface area contributed by atoms with E-state index in [1.165, 1.54) is 0 Å². The van der Waals surface area contributed by atoms with Gasteiger partial charge in [0.05, 0.1) is 23.4 Å². The minimum Gasteiger partial charge on any atom is -0.379 e. The lowest BCUT2D eigenvalue weighted by Crippen LogP contribution is -2.38. The third-order valence-electron chi connectivity index (χ3n) is 4.20. The van der Waals surface area contributed by atoms with Gasteiger partial charge in [0.15, 0.2) is 5.96 Å². The van der Waals surface area contributed by atoms with Crippen LogP contribution in [0.4, 0.5) is 5.69 Å². The molecular weight excluding hydrogens is 380 g/mol. The molecule has 0 saturated carbocycles. The number of benzene rings is 1. The highest BCUT2D eigenvalue weighted by Crippen LogP contribution is 2.22. The number of ether oxygens (including phenoxy) is 2. The van der Waals surface area contributed by atoms with E-state index in [-0.39, 0.29) is 12.0 Å². The fourth-order valence-electron chi connectivity index (χ4n) is 2.72. The maximum absolute atomic E-state index is 12.1. The number of anilines is 1. The molecule has 156 valence electrons. The average molecular weight is 411 g/mol. The van der Waals surface area contributed by atoms with Crippen LogP contribution in [0.3, 0.4) is 0 Å². The highest BCUT2D eigenvalue weighted by Gasteiger charge is 2.15. The van der Waals surface area contributed by atoms with Crippen molar-refractivity contribution in [3.8, 4) is 0 Å². The van der Waals surface area contributed by atoms with Gasteiger partial charge in [-0.25, -0.2) is 0 Å². The highest BCUT2D eigenvalue weighted by atomic mass is 35.5. The molecule has 3 N–H and O–H groups in total. The Hall–Kier alpha value is -1.83. The molecule has 1 unspecified atom stereocenters. The molecule has 2 rings (SSSR count). The van der Waals surface area contributed by atoms with Crippen LogP contribution in [0.25, 0.3) is 0 Å². The lowest BCUT2D eigenvalue weighted by atomic mass is 10.2. The van der Waals surface area contributed by atoms with Crippen LogP contribution in [0, 0.1) is 6.92 Å². The Morgan fingerprint density at radius 3 is 2.96 bits per heavy atom. The summed E-state index contributed by atoms with van der Waals surface area (Å²) in [7, 11) is 0. The molecule has 1 aromatic rings. The van der Waals surface area contributed by atoms with Crippen molar-refractivity contribution < 1.29 is 14.3 Å². The van der Waals surface area contributed by atoms with E-state index in [4.69, 9.17) is 21.1 Å². The molecule has 7 nitrogen and oxygen atoms in total. The molecule has 28 heavy (non-hydrogen) atoms. The molecule has 1 aliphatic rings. The number of nitrogens with one attached hydrogen (secondary N) is 3. The van der Waals surface area contributed by atoms with Crippen molar-refractivity contribution in [2.24, 2.45) is 4.99 Å². The topological polar surface area (TPSA) is 84.0 Å². The molecule has 0 spiro atoms. The predicted octanol–water partition coefficient (Wildman–Crippen LogP) is 2.73. The average Bonchev–Trinajstić information content (AvgIpc) is 3.17. The molecule has 8 heteroatoms. The van der Waals surface area contributed by atoms with Crippen LogP contribution in [0.15, 0.2) is 23.2 Å². The SMILES string of the molecule is CCNC(=NCCCOC1CCOC1)NCCC(=O)Nc1ccc(C)cc1Cl. The molecule has 0 aliphatic carbocycles. The number of carbonyl (C=O) groups is 1. The number of aryl methyl sites for hydroxylation is 1. The maximum atomic E-state index is 12.1. The van der Waals surface area contributed by atoms with Crippen molar-refractivity contribution in [2.45, 2.75) is 39.2 Å². The van der Waals surface area contributed by atoms with Crippen molar-refractivity contribution >= 4 is 29.2 Å². The first-order valence-electron chi connectivity index (χ1n) is 9.86. The van der Waals surface area contributed by atoms with Gasteiger partial charge in [0.25, 0.3) is 0 Å². The van der Waals surface area contributed by atoms with Crippen molar-refractivity contribution in [3.63, 3.8) is 0 Å². The minimum absolute atomic E-state index is 0.0960. The monoisotopic (exact) mass is 410 g/mol. The normalized spacial score (nSPS) is 16.8.